The van der Waals surface area contributed by atoms with Crippen LogP contribution in [0, 0.1) is 19.8 Å². The van der Waals surface area contributed by atoms with E-state index in [1.54, 1.807) is 0 Å². The van der Waals surface area contributed by atoms with Gasteiger partial charge in [-0.1, -0.05) is 0 Å². The lowest BCUT2D eigenvalue weighted by molar-refractivity contribution is -0.192. The number of carbonyl (C=O) groups excluding carboxylic acids is 1. The highest BCUT2D eigenvalue weighted by molar-refractivity contribution is 5.94. The molecular formula is C22H29F3N2O5. The SMILES string of the molecule is Cc1cc(C(=O)N2CCC[C@]3(C[C@H](OCC4CC4)CO3)C2)cc(C)n1.O=C(O)C(F)(F)F. The number of piperidine rings is 1. The van der Waals surface area contributed by atoms with E-state index in [4.69, 9.17) is 19.4 Å². The average molecular weight is 458 g/mol. The third-order valence-electron chi connectivity index (χ3n) is 5.84. The van der Waals surface area contributed by atoms with Gasteiger partial charge in [-0.15, -0.1) is 0 Å². The first kappa shape index (κ1) is 24.4. The summed E-state index contributed by atoms with van der Waals surface area (Å²) in [6.45, 7) is 6.89. The molecule has 2 aliphatic heterocycles. The van der Waals surface area contributed by atoms with Gasteiger partial charge >= 0.3 is 12.1 Å². The summed E-state index contributed by atoms with van der Waals surface area (Å²) in [5.41, 5.74) is 2.31. The Labute approximate surface area is 184 Å². The normalized spacial score (nSPS) is 25.4. The van der Waals surface area contributed by atoms with Gasteiger partial charge in [-0.05, 0) is 57.6 Å². The number of halogens is 3. The van der Waals surface area contributed by atoms with Crippen LogP contribution in [0.5, 0.6) is 0 Å². The summed E-state index contributed by atoms with van der Waals surface area (Å²) < 4.78 is 43.9. The zero-order valence-corrected chi connectivity index (χ0v) is 18.3. The number of alkyl halides is 3. The van der Waals surface area contributed by atoms with E-state index in [1.165, 1.54) is 12.8 Å². The lowest BCUT2D eigenvalue weighted by atomic mass is 9.89. The number of hydrogen-bond acceptors (Lipinski definition) is 5. The fraction of sp³-hybridized carbons (Fsp3) is 0.682. The molecule has 32 heavy (non-hydrogen) atoms. The maximum atomic E-state index is 13.0. The fourth-order valence-electron chi connectivity index (χ4n) is 4.16. The number of aliphatic carboxylic acids is 1. The minimum absolute atomic E-state index is 0.0959. The summed E-state index contributed by atoms with van der Waals surface area (Å²) in [6.07, 6.45) is 0.662. The highest BCUT2D eigenvalue weighted by atomic mass is 19.4. The van der Waals surface area contributed by atoms with Crippen molar-refractivity contribution in [3.63, 3.8) is 0 Å². The van der Waals surface area contributed by atoms with Crippen LogP contribution < -0.4 is 0 Å². The second-order valence-corrected chi connectivity index (χ2v) is 8.87. The number of nitrogens with zero attached hydrogens (tertiary/aromatic N) is 2. The third-order valence-corrected chi connectivity index (χ3v) is 5.84. The van der Waals surface area contributed by atoms with Crippen LogP contribution in [-0.4, -0.2) is 71.1 Å². The summed E-state index contributed by atoms with van der Waals surface area (Å²) in [5.74, 6) is -1.88. The standard InChI is InChI=1S/C20H28N2O3.C2HF3O2/c1-14-8-17(9-15(2)21-14)19(23)22-7-3-6-20(13-22)10-18(12-25-20)24-11-16-4-5-16;3-2(4,5)1(6)7/h8-9,16,18H,3-7,10-13H2,1-2H3;(H,6,7)/t18-,20-;/m0./s1. The molecule has 0 bridgehead atoms. The Morgan fingerprint density at radius 2 is 1.91 bits per heavy atom. The van der Waals surface area contributed by atoms with E-state index in [9.17, 15) is 18.0 Å². The number of carbonyl (C=O) groups is 2. The Bertz CT molecular complexity index is 823. The van der Waals surface area contributed by atoms with Crippen LogP contribution in [0.2, 0.25) is 0 Å². The van der Waals surface area contributed by atoms with Crippen LogP contribution in [0.15, 0.2) is 12.1 Å². The summed E-state index contributed by atoms with van der Waals surface area (Å²) >= 11 is 0. The Balaban J connectivity index is 0.000000360. The molecule has 1 spiro atoms. The molecule has 7 nitrogen and oxygen atoms in total. The van der Waals surface area contributed by atoms with E-state index in [0.29, 0.717) is 13.2 Å². The molecule has 1 aromatic heterocycles. The molecule has 10 heteroatoms. The molecule has 178 valence electrons. The minimum atomic E-state index is -5.08. The largest absolute Gasteiger partial charge is 0.490 e. The number of amides is 1. The molecule has 1 N–H and O–H groups in total. The third kappa shape index (κ3) is 6.65. The van der Waals surface area contributed by atoms with Crippen LogP contribution in [-0.2, 0) is 14.3 Å². The van der Waals surface area contributed by atoms with Crippen molar-refractivity contribution in [1.82, 2.24) is 9.88 Å². The van der Waals surface area contributed by atoms with Crippen molar-refractivity contribution in [3.8, 4) is 0 Å². The Morgan fingerprint density at radius 3 is 2.47 bits per heavy atom. The first-order valence-corrected chi connectivity index (χ1v) is 10.8. The van der Waals surface area contributed by atoms with Crippen molar-refractivity contribution in [3.05, 3.63) is 29.1 Å². The van der Waals surface area contributed by atoms with Crippen molar-refractivity contribution in [2.24, 2.45) is 5.92 Å². The molecule has 1 aliphatic carbocycles. The van der Waals surface area contributed by atoms with Gasteiger partial charge in [0.25, 0.3) is 5.91 Å². The van der Waals surface area contributed by atoms with Crippen LogP contribution in [0.1, 0.15) is 53.8 Å². The number of aromatic nitrogens is 1. The van der Waals surface area contributed by atoms with Gasteiger partial charge in [0.15, 0.2) is 0 Å². The molecule has 2 atom stereocenters. The predicted molar refractivity (Wildman–Crippen MR) is 108 cm³/mol. The maximum Gasteiger partial charge on any atom is 0.490 e. The Morgan fingerprint density at radius 1 is 1.28 bits per heavy atom. The Hall–Kier alpha value is -2.20. The smallest absolute Gasteiger partial charge is 0.475 e. The van der Waals surface area contributed by atoms with E-state index in [-0.39, 0.29) is 17.6 Å². The molecule has 0 unspecified atom stereocenters. The van der Waals surface area contributed by atoms with E-state index < -0.39 is 12.1 Å². The zero-order valence-electron chi connectivity index (χ0n) is 18.3. The molecular weight excluding hydrogens is 429 g/mol. The van der Waals surface area contributed by atoms with E-state index in [2.05, 4.69) is 4.98 Å². The topological polar surface area (TPSA) is 89.0 Å². The lowest BCUT2D eigenvalue weighted by Crippen LogP contribution is -2.50. The van der Waals surface area contributed by atoms with Crippen molar-refractivity contribution in [2.45, 2.75) is 63.8 Å². The number of carboxylic acid groups (broad SMARTS) is 1. The average Bonchev–Trinajstić information content (AvgIpc) is 3.46. The number of aryl methyl sites for hydroxylation is 2. The molecule has 2 saturated heterocycles. The van der Waals surface area contributed by atoms with E-state index in [1.807, 2.05) is 30.9 Å². The van der Waals surface area contributed by atoms with Gasteiger partial charge in [-0.2, -0.15) is 13.2 Å². The number of hydrogen-bond donors (Lipinski definition) is 1. The highest BCUT2D eigenvalue weighted by Crippen LogP contribution is 2.37. The second-order valence-electron chi connectivity index (χ2n) is 8.87. The van der Waals surface area contributed by atoms with Crippen molar-refractivity contribution in [1.29, 1.82) is 0 Å². The minimum Gasteiger partial charge on any atom is -0.475 e. The van der Waals surface area contributed by atoms with E-state index >= 15 is 0 Å². The van der Waals surface area contributed by atoms with E-state index in [0.717, 1.165) is 55.3 Å². The molecule has 1 saturated carbocycles. The first-order valence-electron chi connectivity index (χ1n) is 10.8. The molecule has 0 radical (unpaired) electrons. The van der Waals surface area contributed by atoms with Crippen LogP contribution in [0.3, 0.4) is 0 Å². The summed E-state index contributed by atoms with van der Waals surface area (Å²) in [7, 11) is 0. The van der Waals surface area contributed by atoms with Gasteiger partial charge < -0.3 is 19.5 Å². The summed E-state index contributed by atoms with van der Waals surface area (Å²) in [5, 5.41) is 7.12. The molecule has 0 aromatic carbocycles. The van der Waals surface area contributed by atoms with Gasteiger partial charge in [0, 0.05) is 36.5 Å². The quantitative estimate of drug-likeness (QED) is 0.743. The number of carboxylic acids is 1. The second kappa shape index (κ2) is 9.74. The van der Waals surface area contributed by atoms with Crippen molar-refractivity contribution < 1.29 is 37.3 Å². The van der Waals surface area contributed by atoms with Crippen molar-refractivity contribution in [2.75, 3.05) is 26.3 Å². The highest BCUT2D eigenvalue weighted by Gasteiger charge is 2.45. The van der Waals surface area contributed by atoms with Crippen LogP contribution in [0.4, 0.5) is 13.2 Å². The van der Waals surface area contributed by atoms with Crippen molar-refractivity contribution >= 4 is 11.9 Å². The van der Waals surface area contributed by atoms with Gasteiger partial charge in [0.05, 0.1) is 24.9 Å². The molecule has 3 aliphatic rings. The molecule has 3 fully saturated rings. The number of rotatable bonds is 4. The van der Waals surface area contributed by atoms with Gasteiger partial charge in [-0.3, -0.25) is 9.78 Å². The maximum absolute atomic E-state index is 13.0. The fourth-order valence-corrected chi connectivity index (χ4v) is 4.16. The van der Waals surface area contributed by atoms with Crippen LogP contribution >= 0.6 is 0 Å². The van der Waals surface area contributed by atoms with Gasteiger partial charge in [0.2, 0.25) is 0 Å². The molecule has 1 amide bonds. The van der Waals surface area contributed by atoms with Gasteiger partial charge in [-0.25, -0.2) is 4.79 Å². The summed E-state index contributed by atoms with van der Waals surface area (Å²) in [4.78, 5) is 28.2. The zero-order chi connectivity index (χ0) is 23.5. The molecule has 4 rings (SSSR count). The summed E-state index contributed by atoms with van der Waals surface area (Å²) in [6, 6.07) is 3.77. The number of ether oxygens (including phenoxy) is 2. The first-order chi connectivity index (χ1) is 15.0. The Kier molecular flexibility index (Phi) is 7.44. The number of likely N-dealkylation sites (tertiary alicyclic amines) is 1. The van der Waals surface area contributed by atoms with Crippen LogP contribution in [0.25, 0.3) is 0 Å². The monoisotopic (exact) mass is 458 g/mol. The van der Waals surface area contributed by atoms with Gasteiger partial charge in [0.1, 0.15) is 0 Å². The predicted octanol–water partition coefficient (Wildman–Crippen LogP) is 3.52. The molecule has 3 heterocycles. The molecule has 1 aromatic rings. The lowest BCUT2D eigenvalue weighted by Gasteiger charge is -2.39. The number of pyridine rings is 1.